The van der Waals surface area contributed by atoms with Crippen LogP contribution in [0.3, 0.4) is 0 Å². The topological polar surface area (TPSA) is 128 Å². The van der Waals surface area contributed by atoms with Crippen molar-refractivity contribution in [2.24, 2.45) is 5.92 Å². The van der Waals surface area contributed by atoms with Gasteiger partial charge in [0.1, 0.15) is 23.0 Å². The predicted molar refractivity (Wildman–Crippen MR) is 165 cm³/mol. The van der Waals surface area contributed by atoms with Crippen LogP contribution in [-0.4, -0.2) is 64.5 Å². The molecule has 45 heavy (non-hydrogen) atoms. The van der Waals surface area contributed by atoms with Crippen LogP contribution in [0, 0.1) is 5.92 Å². The molecule has 2 atom stereocenters. The van der Waals surface area contributed by atoms with Gasteiger partial charge in [0, 0.05) is 12.5 Å². The maximum Gasteiger partial charge on any atom is 0.408 e. The number of esters is 1. The maximum atomic E-state index is 13.7. The molecule has 0 bridgehead atoms. The fourth-order valence-electron chi connectivity index (χ4n) is 4.99. The third-order valence-electron chi connectivity index (χ3n) is 7.03. The first-order chi connectivity index (χ1) is 21.5. The van der Waals surface area contributed by atoms with Crippen molar-refractivity contribution in [3.8, 4) is 34.5 Å². The van der Waals surface area contributed by atoms with Crippen molar-refractivity contribution in [2.75, 3.05) is 35.0 Å². The molecule has 0 aliphatic carbocycles. The number of Topliss-reactive ketones (excluding diaryl/α,β-unsaturated/α-hetero) is 1. The summed E-state index contributed by atoms with van der Waals surface area (Å²) in [7, 11) is 5.85. The molecule has 1 aliphatic rings. The minimum absolute atomic E-state index is 0.116. The number of methoxy groups -OCH3 is 4. The number of amides is 1. The molecule has 0 radical (unpaired) electrons. The van der Waals surface area contributed by atoms with Crippen molar-refractivity contribution < 1.29 is 47.5 Å². The van der Waals surface area contributed by atoms with Crippen LogP contribution in [0.1, 0.15) is 42.3 Å². The van der Waals surface area contributed by atoms with Gasteiger partial charge in [0.15, 0.2) is 28.8 Å². The maximum absolute atomic E-state index is 13.7. The highest BCUT2D eigenvalue weighted by atomic mass is 16.6. The summed E-state index contributed by atoms with van der Waals surface area (Å²) in [6.45, 7) is 5.32. The van der Waals surface area contributed by atoms with Gasteiger partial charge in [0.05, 0.1) is 41.0 Å². The summed E-state index contributed by atoms with van der Waals surface area (Å²) in [6, 6.07) is 14.9. The molecule has 1 heterocycles. The highest BCUT2D eigenvalue weighted by molar-refractivity contribution is 6.05. The molecular formula is C34H39NO10. The van der Waals surface area contributed by atoms with E-state index in [0.717, 1.165) is 5.56 Å². The van der Waals surface area contributed by atoms with E-state index in [0.29, 0.717) is 28.6 Å². The number of fused-ring (bicyclic) bond motifs is 1. The molecule has 0 aromatic heterocycles. The standard InChI is InChI=1S/C34H39NO10/c1-34(2,3)45-33(38)35-23(16-20-11-9-8-10-12-20)32(37)44-25-17-21(13-14-24(25)39-4)15-22-19-43-26-18-27(40-5)30(41-6)31(42-7)28(26)29(22)36/h8-14,17-18,22-23H,15-16,19H2,1-7H3,(H,35,38)/t22-,23+/m1/s1. The zero-order chi connectivity index (χ0) is 32.7. The Morgan fingerprint density at radius 2 is 1.56 bits per heavy atom. The number of carbonyl (C=O) groups is 3. The highest BCUT2D eigenvalue weighted by Gasteiger charge is 2.36. The quantitative estimate of drug-likeness (QED) is 0.226. The SMILES string of the molecule is COc1ccc(C[C@@H]2COc3cc(OC)c(OC)c(OC)c3C2=O)cc1OC(=O)[C@H](Cc1ccccc1)NC(=O)OC(C)(C)C. The van der Waals surface area contributed by atoms with E-state index < -0.39 is 29.6 Å². The lowest BCUT2D eigenvalue weighted by atomic mass is 9.88. The Morgan fingerprint density at radius 3 is 2.18 bits per heavy atom. The normalized spacial score (nSPS) is 14.7. The molecule has 0 spiro atoms. The smallest absolute Gasteiger partial charge is 0.408 e. The molecule has 240 valence electrons. The van der Waals surface area contributed by atoms with Gasteiger partial charge in [-0.1, -0.05) is 36.4 Å². The molecule has 0 unspecified atom stereocenters. The van der Waals surface area contributed by atoms with E-state index in [1.807, 2.05) is 30.3 Å². The first-order valence-electron chi connectivity index (χ1n) is 14.4. The second-order valence-corrected chi connectivity index (χ2v) is 11.4. The largest absolute Gasteiger partial charge is 0.493 e. The summed E-state index contributed by atoms with van der Waals surface area (Å²) in [5.41, 5.74) is 1.02. The second-order valence-electron chi connectivity index (χ2n) is 11.4. The number of alkyl carbamates (subject to hydrolysis) is 1. The molecule has 1 N–H and O–H groups in total. The Morgan fingerprint density at radius 1 is 0.867 bits per heavy atom. The van der Waals surface area contributed by atoms with Gasteiger partial charge < -0.3 is 38.5 Å². The minimum atomic E-state index is -1.06. The van der Waals surface area contributed by atoms with Gasteiger partial charge in [0.25, 0.3) is 0 Å². The van der Waals surface area contributed by atoms with Crippen LogP contribution in [0.25, 0.3) is 0 Å². The highest BCUT2D eigenvalue weighted by Crippen LogP contribution is 2.47. The van der Waals surface area contributed by atoms with E-state index in [4.69, 9.17) is 33.2 Å². The van der Waals surface area contributed by atoms with E-state index in [1.54, 1.807) is 45.0 Å². The number of ether oxygens (including phenoxy) is 7. The first kappa shape index (κ1) is 33.0. The van der Waals surface area contributed by atoms with Crippen LogP contribution in [0.5, 0.6) is 34.5 Å². The molecule has 3 aromatic carbocycles. The summed E-state index contributed by atoms with van der Waals surface area (Å²) in [6.07, 6.45) is -0.306. The van der Waals surface area contributed by atoms with Gasteiger partial charge in [-0.05, 0) is 50.5 Å². The Hall–Kier alpha value is -4.93. The van der Waals surface area contributed by atoms with Crippen LogP contribution in [0.15, 0.2) is 54.6 Å². The van der Waals surface area contributed by atoms with Crippen LogP contribution >= 0.6 is 0 Å². The Balaban J connectivity index is 1.57. The van der Waals surface area contributed by atoms with Crippen molar-refractivity contribution in [1.29, 1.82) is 0 Å². The van der Waals surface area contributed by atoms with E-state index in [1.165, 1.54) is 28.4 Å². The fraction of sp³-hybridized carbons (Fsp3) is 0.382. The van der Waals surface area contributed by atoms with Gasteiger partial charge in [0.2, 0.25) is 5.75 Å². The van der Waals surface area contributed by atoms with Crippen molar-refractivity contribution in [3.05, 3.63) is 71.3 Å². The summed E-state index contributed by atoms with van der Waals surface area (Å²) >= 11 is 0. The predicted octanol–water partition coefficient (Wildman–Crippen LogP) is 5.20. The number of hydrogen-bond acceptors (Lipinski definition) is 10. The third kappa shape index (κ3) is 7.97. The number of benzene rings is 3. The third-order valence-corrected chi connectivity index (χ3v) is 7.03. The first-order valence-corrected chi connectivity index (χ1v) is 14.4. The molecule has 1 aliphatic heterocycles. The molecule has 11 heteroatoms. The van der Waals surface area contributed by atoms with E-state index in [9.17, 15) is 14.4 Å². The molecule has 0 saturated carbocycles. The molecule has 0 saturated heterocycles. The van der Waals surface area contributed by atoms with Crippen molar-refractivity contribution in [3.63, 3.8) is 0 Å². The van der Waals surface area contributed by atoms with Gasteiger partial charge >= 0.3 is 12.1 Å². The second kappa shape index (κ2) is 14.2. The van der Waals surface area contributed by atoms with Crippen LogP contribution in [0.2, 0.25) is 0 Å². The van der Waals surface area contributed by atoms with Gasteiger partial charge in [-0.15, -0.1) is 0 Å². The van der Waals surface area contributed by atoms with Crippen LogP contribution in [-0.2, 0) is 22.4 Å². The lowest BCUT2D eigenvalue weighted by molar-refractivity contribution is -0.136. The number of hydrogen-bond donors (Lipinski definition) is 1. The number of rotatable bonds is 11. The molecule has 11 nitrogen and oxygen atoms in total. The van der Waals surface area contributed by atoms with Crippen LogP contribution in [0.4, 0.5) is 4.79 Å². The van der Waals surface area contributed by atoms with Crippen molar-refractivity contribution >= 4 is 17.8 Å². The lowest BCUT2D eigenvalue weighted by Gasteiger charge is -2.27. The number of nitrogens with one attached hydrogen (secondary N) is 1. The fourth-order valence-corrected chi connectivity index (χ4v) is 4.99. The van der Waals surface area contributed by atoms with Crippen LogP contribution < -0.4 is 33.7 Å². The Bertz CT molecular complexity index is 1530. The Labute approximate surface area is 262 Å². The number of carbonyl (C=O) groups excluding carboxylic acids is 3. The van der Waals surface area contributed by atoms with Gasteiger partial charge in [-0.25, -0.2) is 9.59 Å². The van der Waals surface area contributed by atoms with E-state index >= 15 is 0 Å². The molecule has 0 fully saturated rings. The molecular weight excluding hydrogens is 582 g/mol. The van der Waals surface area contributed by atoms with Crippen molar-refractivity contribution in [2.45, 2.75) is 45.3 Å². The average Bonchev–Trinajstić information content (AvgIpc) is 3.00. The monoisotopic (exact) mass is 621 g/mol. The summed E-state index contributed by atoms with van der Waals surface area (Å²) < 4.78 is 39.0. The van der Waals surface area contributed by atoms with Crippen molar-refractivity contribution in [1.82, 2.24) is 5.32 Å². The molecule has 4 rings (SSSR count). The van der Waals surface area contributed by atoms with E-state index in [2.05, 4.69) is 5.32 Å². The lowest BCUT2D eigenvalue weighted by Crippen LogP contribution is -2.46. The zero-order valence-corrected chi connectivity index (χ0v) is 26.6. The van der Waals surface area contributed by atoms with E-state index in [-0.39, 0.29) is 42.3 Å². The summed E-state index contributed by atoms with van der Waals surface area (Å²) in [4.78, 5) is 39.8. The molecule has 3 aromatic rings. The van der Waals surface area contributed by atoms with Gasteiger partial charge in [-0.2, -0.15) is 0 Å². The summed E-state index contributed by atoms with van der Waals surface area (Å²) in [5.74, 6) is 0.221. The average molecular weight is 622 g/mol. The Kier molecular flexibility index (Phi) is 10.4. The molecule has 1 amide bonds. The summed E-state index contributed by atoms with van der Waals surface area (Å²) in [5, 5.41) is 2.63. The number of ketones is 1. The van der Waals surface area contributed by atoms with Gasteiger partial charge in [-0.3, -0.25) is 4.79 Å². The zero-order valence-electron chi connectivity index (χ0n) is 26.6. The minimum Gasteiger partial charge on any atom is -0.493 e.